The minimum atomic E-state index is -0.210. The lowest BCUT2D eigenvalue weighted by atomic mass is 10.2. The Hall–Kier alpha value is -2.67. The first kappa shape index (κ1) is 15.2. The van der Waals surface area contributed by atoms with Gasteiger partial charge in [0.15, 0.2) is 0 Å². The average molecular weight is 313 g/mol. The van der Waals surface area contributed by atoms with E-state index in [0.717, 1.165) is 16.9 Å². The predicted octanol–water partition coefficient (Wildman–Crippen LogP) is 1.14. The first-order valence-electron chi connectivity index (χ1n) is 7.55. The number of aromatic nitrogens is 4. The topological polar surface area (TPSA) is 107 Å². The van der Waals surface area contributed by atoms with E-state index < -0.39 is 0 Å². The Kier molecular flexibility index (Phi) is 4.38. The number of hydrogen-bond acceptors (Lipinski definition) is 5. The Morgan fingerprint density at radius 3 is 2.74 bits per heavy atom. The van der Waals surface area contributed by atoms with Gasteiger partial charge in [-0.05, 0) is 19.1 Å². The molecule has 0 saturated heterocycles. The zero-order valence-electron chi connectivity index (χ0n) is 12.9. The number of aliphatic hydroxyl groups is 1. The Morgan fingerprint density at radius 2 is 2.00 bits per heavy atom. The number of nitrogens with one attached hydrogen (secondary N) is 3. The van der Waals surface area contributed by atoms with E-state index in [1.165, 1.54) is 0 Å². The molecular weight excluding hydrogens is 294 g/mol. The number of fused-ring (bicyclic) bond motifs is 1. The van der Waals surface area contributed by atoms with E-state index in [1.807, 2.05) is 24.3 Å². The van der Waals surface area contributed by atoms with Crippen molar-refractivity contribution < 1.29 is 5.11 Å². The molecule has 0 unspecified atom stereocenters. The Morgan fingerprint density at radius 1 is 1.17 bits per heavy atom. The highest BCUT2D eigenvalue weighted by Gasteiger charge is 2.08. The zero-order chi connectivity index (χ0) is 16.2. The van der Waals surface area contributed by atoms with Crippen molar-refractivity contribution in [3.05, 3.63) is 51.7 Å². The Bertz CT molecular complexity index is 835. The van der Waals surface area contributed by atoms with Gasteiger partial charge >= 0.3 is 0 Å². The summed E-state index contributed by atoms with van der Waals surface area (Å²) >= 11 is 0. The largest absolute Gasteiger partial charge is 0.396 e. The molecule has 2 aromatic heterocycles. The van der Waals surface area contributed by atoms with Crippen molar-refractivity contribution >= 4 is 17.0 Å². The molecule has 0 amide bonds. The van der Waals surface area contributed by atoms with Crippen LogP contribution in [-0.2, 0) is 12.8 Å². The number of imidazole rings is 1. The van der Waals surface area contributed by atoms with Crippen molar-refractivity contribution in [3.8, 4) is 0 Å². The van der Waals surface area contributed by atoms with E-state index in [-0.39, 0.29) is 12.2 Å². The molecule has 7 heteroatoms. The van der Waals surface area contributed by atoms with Gasteiger partial charge in [0.05, 0.1) is 16.7 Å². The summed E-state index contributed by atoms with van der Waals surface area (Å²) in [5.74, 6) is 1.32. The van der Waals surface area contributed by atoms with Gasteiger partial charge in [-0.1, -0.05) is 12.1 Å². The van der Waals surface area contributed by atoms with Gasteiger partial charge in [0.25, 0.3) is 5.56 Å². The second-order valence-electron chi connectivity index (χ2n) is 5.33. The van der Waals surface area contributed by atoms with Gasteiger partial charge in [0.1, 0.15) is 5.82 Å². The summed E-state index contributed by atoms with van der Waals surface area (Å²) in [6.07, 6.45) is 1.00. The van der Waals surface area contributed by atoms with Gasteiger partial charge in [0.2, 0.25) is 5.95 Å². The number of para-hydroxylation sites is 2. The molecule has 4 N–H and O–H groups in total. The molecule has 0 aliphatic carbocycles. The van der Waals surface area contributed by atoms with Gasteiger partial charge in [-0.25, -0.2) is 9.97 Å². The lowest BCUT2D eigenvalue weighted by Crippen LogP contribution is -2.21. The molecular formula is C16H19N5O2. The maximum absolute atomic E-state index is 11.9. The Labute approximate surface area is 132 Å². The van der Waals surface area contributed by atoms with Crippen molar-refractivity contribution in [2.45, 2.75) is 19.8 Å². The van der Waals surface area contributed by atoms with Gasteiger partial charge in [-0.15, -0.1) is 0 Å². The molecule has 23 heavy (non-hydrogen) atoms. The molecule has 2 heterocycles. The molecule has 0 bridgehead atoms. The number of aliphatic hydroxyl groups excluding tert-OH is 1. The molecule has 1 aromatic carbocycles. The van der Waals surface area contributed by atoms with Gasteiger partial charge in [-0.2, -0.15) is 0 Å². The van der Waals surface area contributed by atoms with Crippen LogP contribution in [0.2, 0.25) is 0 Å². The fourth-order valence-electron chi connectivity index (χ4n) is 2.52. The number of H-pyrrole nitrogens is 2. The van der Waals surface area contributed by atoms with Crippen molar-refractivity contribution in [1.29, 1.82) is 0 Å². The van der Waals surface area contributed by atoms with Crippen LogP contribution in [0.4, 0.5) is 5.95 Å². The van der Waals surface area contributed by atoms with Crippen LogP contribution in [0.25, 0.3) is 11.0 Å². The van der Waals surface area contributed by atoms with E-state index in [9.17, 15) is 4.79 Å². The quantitative estimate of drug-likeness (QED) is 0.546. The molecule has 0 saturated carbocycles. The summed E-state index contributed by atoms with van der Waals surface area (Å²) in [6, 6.07) is 7.87. The second-order valence-corrected chi connectivity index (χ2v) is 5.33. The minimum Gasteiger partial charge on any atom is -0.396 e. The molecule has 0 atom stereocenters. The van der Waals surface area contributed by atoms with Crippen LogP contribution < -0.4 is 10.9 Å². The molecule has 0 spiro atoms. The van der Waals surface area contributed by atoms with E-state index >= 15 is 0 Å². The minimum absolute atomic E-state index is 0.0651. The van der Waals surface area contributed by atoms with Crippen LogP contribution in [0.3, 0.4) is 0 Å². The number of hydrogen-bond donors (Lipinski definition) is 4. The van der Waals surface area contributed by atoms with E-state index in [1.54, 1.807) is 6.92 Å². The lowest BCUT2D eigenvalue weighted by molar-refractivity contribution is 0.298. The monoisotopic (exact) mass is 313 g/mol. The fraction of sp³-hybridized carbons (Fsp3) is 0.312. The van der Waals surface area contributed by atoms with Crippen molar-refractivity contribution in [2.24, 2.45) is 0 Å². The van der Waals surface area contributed by atoms with Crippen molar-refractivity contribution in [2.75, 3.05) is 18.5 Å². The molecule has 0 aliphatic rings. The highest BCUT2D eigenvalue weighted by atomic mass is 16.3. The van der Waals surface area contributed by atoms with Crippen LogP contribution >= 0.6 is 0 Å². The molecule has 3 aromatic rings. The maximum Gasteiger partial charge on any atom is 0.255 e. The number of rotatable bonds is 6. The number of nitrogens with zero attached hydrogens (tertiary/aromatic N) is 2. The van der Waals surface area contributed by atoms with Crippen LogP contribution in [0.1, 0.15) is 17.1 Å². The summed E-state index contributed by atoms with van der Waals surface area (Å²) in [5, 5.41) is 12.1. The molecule has 0 aliphatic heterocycles. The first-order valence-corrected chi connectivity index (χ1v) is 7.55. The number of aryl methyl sites for hydroxylation is 1. The number of aromatic amines is 2. The molecule has 7 nitrogen and oxygen atoms in total. The average Bonchev–Trinajstić information content (AvgIpc) is 2.93. The molecule has 0 radical (unpaired) electrons. The molecule has 3 rings (SSSR count). The van der Waals surface area contributed by atoms with Crippen LogP contribution in [0.15, 0.2) is 29.1 Å². The smallest absolute Gasteiger partial charge is 0.255 e. The van der Waals surface area contributed by atoms with Crippen LogP contribution in [-0.4, -0.2) is 38.2 Å². The normalized spacial score (nSPS) is 11.0. The highest BCUT2D eigenvalue weighted by Crippen LogP contribution is 2.10. The Balaban J connectivity index is 1.65. The maximum atomic E-state index is 11.9. The van der Waals surface area contributed by atoms with E-state index in [4.69, 9.17) is 5.11 Å². The fourth-order valence-corrected chi connectivity index (χ4v) is 2.52. The van der Waals surface area contributed by atoms with Gasteiger partial charge < -0.3 is 15.4 Å². The van der Waals surface area contributed by atoms with Gasteiger partial charge in [-0.3, -0.25) is 9.78 Å². The van der Waals surface area contributed by atoms with Crippen molar-refractivity contribution in [1.82, 2.24) is 19.9 Å². The predicted molar refractivity (Wildman–Crippen MR) is 88.7 cm³/mol. The third-order valence-corrected chi connectivity index (χ3v) is 3.68. The van der Waals surface area contributed by atoms with Crippen molar-refractivity contribution in [3.63, 3.8) is 0 Å². The summed E-state index contributed by atoms with van der Waals surface area (Å²) in [6.45, 7) is 2.30. The number of anilines is 1. The lowest BCUT2D eigenvalue weighted by Gasteiger charge is -2.07. The van der Waals surface area contributed by atoms with Crippen LogP contribution in [0.5, 0.6) is 0 Å². The third-order valence-electron chi connectivity index (χ3n) is 3.68. The summed E-state index contributed by atoms with van der Waals surface area (Å²) in [4.78, 5) is 26.7. The van der Waals surface area contributed by atoms with E-state index in [0.29, 0.717) is 36.6 Å². The summed E-state index contributed by atoms with van der Waals surface area (Å²) < 4.78 is 0. The highest BCUT2D eigenvalue weighted by molar-refractivity contribution is 5.74. The standard InChI is InChI=1S/C16H19N5O2/c1-10-11(7-9-22)15(23)21-16(18-10)17-8-6-14-19-12-4-2-3-5-13(12)20-14/h2-5,22H,6-9H2,1H3,(H,19,20)(H2,17,18,21,23). The number of benzene rings is 1. The molecule has 0 fully saturated rings. The summed E-state index contributed by atoms with van der Waals surface area (Å²) in [5.41, 5.74) is 2.90. The first-order chi connectivity index (χ1) is 11.2. The molecule has 120 valence electrons. The van der Waals surface area contributed by atoms with Gasteiger partial charge in [0, 0.05) is 31.6 Å². The zero-order valence-corrected chi connectivity index (χ0v) is 12.9. The SMILES string of the molecule is Cc1nc(NCCc2nc3ccccc3[nH]2)[nH]c(=O)c1CCO. The van der Waals surface area contributed by atoms with E-state index in [2.05, 4.69) is 25.3 Å². The van der Waals surface area contributed by atoms with Crippen LogP contribution in [0, 0.1) is 6.92 Å². The third kappa shape index (κ3) is 3.40. The second kappa shape index (κ2) is 6.62. The summed E-state index contributed by atoms with van der Waals surface area (Å²) in [7, 11) is 0.